The molecule has 3 N–H and O–H groups in total. The molecular weight excluding hydrogens is 396 g/mol. The van der Waals surface area contributed by atoms with Crippen LogP contribution in [0, 0.1) is 0 Å². The first-order valence-electron chi connectivity index (χ1n) is 8.22. The first-order valence-corrected chi connectivity index (χ1v) is 9.98. The molecule has 140 valence electrons. The van der Waals surface area contributed by atoms with Crippen molar-refractivity contribution in [1.29, 1.82) is 0 Å². The molecule has 0 bridgehead atoms. The molecule has 0 atom stereocenters. The van der Waals surface area contributed by atoms with E-state index in [0.29, 0.717) is 21.4 Å². The number of nitrogens with two attached hydrogens (primary N) is 1. The van der Waals surface area contributed by atoms with Gasteiger partial charge in [0.05, 0.1) is 5.56 Å². The van der Waals surface area contributed by atoms with Crippen LogP contribution in [-0.4, -0.2) is 24.6 Å². The Morgan fingerprint density at radius 3 is 2.75 bits per heavy atom. The summed E-state index contributed by atoms with van der Waals surface area (Å²) in [6, 6.07) is 9.94. The van der Waals surface area contributed by atoms with Crippen LogP contribution in [0.5, 0.6) is 0 Å². The molecule has 1 aliphatic carbocycles. The minimum absolute atomic E-state index is 0.178. The highest BCUT2D eigenvalue weighted by Gasteiger charge is 2.16. The number of carbonyl (C=O) groups is 1. The van der Waals surface area contributed by atoms with Crippen LogP contribution in [0.1, 0.15) is 11.1 Å². The van der Waals surface area contributed by atoms with Crippen LogP contribution < -0.4 is 11.3 Å². The number of aliphatic hydroxyl groups excluding tert-OH is 1. The molecule has 3 aromatic rings. The summed E-state index contributed by atoms with van der Waals surface area (Å²) >= 11 is 2.60. The number of aromatic nitrogens is 3. The predicted molar refractivity (Wildman–Crippen MR) is 110 cm³/mol. The Morgan fingerprint density at radius 2 is 2.00 bits per heavy atom. The van der Waals surface area contributed by atoms with Crippen molar-refractivity contribution in [3.63, 3.8) is 0 Å². The molecular formula is C19H14N4O3S2. The summed E-state index contributed by atoms with van der Waals surface area (Å²) in [6.45, 7) is 0. The molecule has 0 radical (unpaired) electrons. The Kier molecular flexibility index (Phi) is 4.84. The number of fused-ring (bicyclic) bond motifs is 1. The van der Waals surface area contributed by atoms with Crippen molar-refractivity contribution in [2.45, 2.75) is 10.9 Å². The summed E-state index contributed by atoms with van der Waals surface area (Å²) in [7, 11) is 0. The minimum atomic E-state index is -0.494. The predicted octanol–water partition coefficient (Wildman–Crippen LogP) is 2.99. The molecule has 0 fully saturated rings. The van der Waals surface area contributed by atoms with Crippen LogP contribution in [0.25, 0.3) is 11.0 Å². The normalized spacial score (nSPS) is 15.4. The summed E-state index contributed by atoms with van der Waals surface area (Å²) in [5, 5.41) is 10.2. The van der Waals surface area contributed by atoms with Crippen molar-refractivity contribution in [3.05, 3.63) is 81.4 Å². The number of nitrogens with zero attached hydrogens (tertiary/aromatic N) is 3. The summed E-state index contributed by atoms with van der Waals surface area (Å²) in [5.41, 5.74) is 7.57. The molecule has 4 rings (SSSR count). The molecule has 0 aliphatic heterocycles. The van der Waals surface area contributed by atoms with E-state index in [0.717, 1.165) is 17.1 Å². The Labute approximate surface area is 167 Å². The molecule has 0 amide bonds. The zero-order valence-electron chi connectivity index (χ0n) is 14.4. The van der Waals surface area contributed by atoms with Gasteiger partial charge < -0.3 is 10.8 Å². The van der Waals surface area contributed by atoms with E-state index in [4.69, 9.17) is 5.73 Å². The number of allylic oxidation sites excluding steroid dienone is 4. The van der Waals surface area contributed by atoms with Gasteiger partial charge in [0.1, 0.15) is 5.82 Å². The van der Waals surface area contributed by atoms with E-state index in [1.54, 1.807) is 4.40 Å². The fourth-order valence-electron chi connectivity index (χ4n) is 2.64. The first kappa shape index (κ1) is 18.2. The third-order valence-electron chi connectivity index (χ3n) is 4.04. The van der Waals surface area contributed by atoms with Crippen LogP contribution >= 0.6 is 23.3 Å². The third kappa shape index (κ3) is 3.49. The van der Waals surface area contributed by atoms with Crippen LogP contribution in [0.15, 0.2) is 69.8 Å². The van der Waals surface area contributed by atoms with Crippen molar-refractivity contribution in [2.24, 2.45) is 0 Å². The van der Waals surface area contributed by atoms with Crippen LogP contribution in [-0.2, 0) is 10.5 Å². The Balaban J connectivity index is 1.74. The summed E-state index contributed by atoms with van der Waals surface area (Å²) in [6.07, 6.45) is 5.52. The number of ketones is 1. The quantitative estimate of drug-likeness (QED) is 0.636. The molecule has 0 spiro atoms. The van der Waals surface area contributed by atoms with Gasteiger partial charge in [-0.1, -0.05) is 48.2 Å². The largest absolute Gasteiger partial charge is 0.504 e. The van der Waals surface area contributed by atoms with Gasteiger partial charge in [-0.05, 0) is 29.4 Å². The summed E-state index contributed by atoms with van der Waals surface area (Å²) in [4.78, 5) is 28.2. The van der Waals surface area contributed by atoms with Crippen LogP contribution in [0.2, 0.25) is 0 Å². The van der Waals surface area contributed by atoms with E-state index in [-0.39, 0.29) is 11.4 Å². The lowest BCUT2D eigenvalue weighted by Gasteiger charge is -2.07. The standard InChI is InChI=1S/C19H14N4O3S2/c20-16-13(8-12-6-7-14(24)15(25)9-12)17(26)21-18-23(16)19(22-28-18)27-10-11-4-2-1-3-5-11/h1-9,25H,10,20H2/b12-8+. The first-order chi connectivity index (χ1) is 13.5. The molecule has 9 heteroatoms. The monoisotopic (exact) mass is 410 g/mol. The maximum Gasteiger partial charge on any atom is 0.283 e. The summed E-state index contributed by atoms with van der Waals surface area (Å²) < 4.78 is 6.02. The molecule has 2 heterocycles. The summed E-state index contributed by atoms with van der Waals surface area (Å²) in [5.74, 6) is 0.0307. The number of thioether (sulfide) groups is 1. The van der Waals surface area contributed by atoms with Crippen molar-refractivity contribution < 1.29 is 9.90 Å². The number of carbonyl (C=O) groups excluding carboxylic acids is 1. The molecule has 7 nitrogen and oxygen atoms in total. The third-order valence-corrected chi connectivity index (χ3v) is 5.86. The number of nitrogen functional groups attached to an aromatic ring is 1. The van der Waals surface area contributed by atoms with Crippen molar-refractivity contribution in [1.82, 2.24) is 13.8 Å². The molecule has 2 aromatic heterocycles. The van der Waals surface area contributed by atoms with Crippen molar-refractivity contribution >= 4 is 45.9 Å². The zero-order chi connectivity index (χ0) is 19.7. The minimum Gasteiger partial charge on any atom is -0.504 e. The second-order valence-electron chi connectivity index (χ2n) is 5.94. The van der Waals surface area contributed by atoms with Crippen LogP contribution in [0.3, 0.4) is 0 Å². The lowest BCUT2D eigenvalue weighted by atomic mass is 10.1. The molecule has 28 heavy (non-hydrogen) atoms. The van der Waals surface area contributed by atoms with E-state index in [2.05, 4.69) is 9.36 Å². The number of benzene rings is 1. The Bertz CT molecular complexity index is 1220. The second-order valence-corrected chi connectivity index (χ2v) is 7.62. The van der Waals surface area contributed by atoms with Gasteiger partial charge in [-0.2, -0.15) is 9.36 Å². The topological polar surface area (TPSA) is 111 Å². The maximum absolute atomic E-state index is 12.4. The number of anilines is 1. The fraction of sp³-hybridized carbons (Fsp3) is 0.0526. The number of hydrogen-bond donors (Lipinski definition) is 2. The van der Waals surface area contributed by atoms with Gasteiger partial charge in [-0.15, -0.1) is 0 Å². The van der Waals surface area contributed by atoms with Crippen LogP contribution in [0.4, 0.5) is 5.82 Å². The SMILES string of the molecule is Nc1c(/C=C2\C=CC(=O)C(O)=C2)c(=O)nc2snc(SCc3ccccc3)n12. The smallest absolute Gasteiger partial charge is 0.283 e. The highest BCUT2D eigenvalue weighted by molar-refractivity contribution is 7.98. The zero-order valence-corrected chi connectivity index (χ0v) is 16.0. The molecule has 1 aliphatic rings. The van der Waals surface area contributed by atoms with E-state index in [1.165, 1.54) is 36.1 Å². The second kappa shape index (κ2) is 7.45. The average Bonchev–Trinajstić information content (AvgIpc) is 3.10. The van der Waals surface area contributed by atoms with Gasteiger partial charge in [0.25, 0.3) is 5.56 Å². The molecule has 1 aromatic carbocycles. The number of hydrogen-bond acceptors (Lipinski definition) is 8. The van der Waals surface area contributed by atoms with E-state index in [9.17, 15) is 14.7 Å². The average molecular weight is 410 g/mol. The molecule has 0 unspecified atom stereocenters. The number of aliphatic hydroxyl groups is 1. The van der Waals surface area contributed by atoms with Gasteiger partial charge in [-0.25, -0.2) is 4.40 Å². The van der Waals surface area contributed by atoms with E-state index < -0.39 is 17.1 Å². The Morgan fingerprint density at radius 1 is 1.21 bits per heavy atom. The molecule has 0 saturated carbocycles. The maximum atomic E-state index is 12.4. The van der Waals surface area contributed by atoms with Gasteiger partial charge in [-0.3, -0.25) is 9.59 Å². The molecule has 0 saturated heterocycles. The van der Waals surface area contributed by atoms with Gasteiger partial charge >= 0.3 is 0 Å². The Hall–Kier alpha value is -3.17. The van der Waals surface area contributed by atoms with Gasteiger partial charge in [0.2, 0.25) is 10.7 Å². The number of rotatable bonds is 4. The van der Waals surface area contributed by atoms with E-state index >= 15 is 0 Å². The highest BCUT2D eigenvalue weighted by atomic mass is 32.2. The highest BCUT2D eigenvalue weighted by Crippen LogP contribution is 2.27. The van der Waals surface area contributed by atoms with Crippen molar-refractivity contribution in [2.75, 3.05) is 5.73 Å². The van der Waals surface area contributed by atoms with Gasteiger partial charge in [0, 0.05) is 17.3 Å². The fourth-order valence-corrected chi connectivity index (χ4v) is 4.45. The lowest BCUT2D eigenvalue weighted by Crippen LogP contribution is -2.16. The van der Waals surface area contributed by atoms with E-state index in [1.807, 2.05) is 30.3 Å². The van der Waals surface area contributed by atoms with Gasteiger partial charge in [0.15, 0.2) is 10.9 Å². The van der Waals surface area contributed by atoms with Crippen molar-refractivity contribution in [3.8, 4) is 0 Å². The lowest BCUT2D eigenvalue weighted by molar-refractivity contribution is -0.113.